The van der Waals surface area contributed by atoms with Crippen LogP contribution in [0.1, 0.15) is 214 Å². The van der Waals surface area contributed by atoms with Crippen LogP contribution in [0.5, 0.6) is 0 Å². The summed E-state index contributed by atoms with van der Waals surface area (Å²) in [6, 6.07) is 12.3. The normalized spacial score (nSPS) is 25.9. The van der Waals surface area contributed by atoms with E-state index >= 15 is 0 Å². The van der Waals surface area contributed by atoms with Crippen molar-refractivity contribution in [2.45, 2.75) is 266 Å². The molecule has 6 aromatic rings. The highest BCUT2D eigenvalue weighted by atomic mass is 32.1. The Labute approximate surface area is 844 Å². The Kier molecular flexibility index (Phi) is 51.9. The lowest BCUT2D eigenvalue weighted by Gasteiger charge is -2.29. The number of hydrogen-bond donors (Lipinski definition) is 14. The summed E-state index contributed by atoms with van der Waals surface area (Å²) < 4.78 is 178. The number of aliphatic hydroxyl groups is 3. The van der Waals surface area contributed by atoms with Crippen LogP contribution in [0.25, 0.3) is 0 Å². The summed E-state index contributed by atoms with van der Waals surface area (Å²) in [5.74, 6) is -10.4. The first kappa shape index (κ1) is 125. The molecule has 7 saturated heterocycles. The molecule has 23 nitrogen and oxygen atoms in total. The van der Waals surface area contributed by atoms with Crippen molar-refractivity contribution < 1.29 is 81.2 Å². The van der Waals surface area contributed by atoms with Crippen molar-refractivity contribution in [1.82, 2.24) is 39.3 Å². The van der Waals surface area contributed by atoms with Gasteiger partial charge in [-0.15, -0.1) is 45.3 Å². The maximum Gasteiger partial charge on any atom is 0.454 e. The van der Waals surface area contributed by atoms with Gasteiger partial charge < -0.3 is 117 Å². The van der Waals surface area contributed by atoms with E-state index in [4.69, 9.17) is 77.7 Å². The van der Waals surface area contributed by atoms with E-state index in [1.165, 1.54) is 112 Å². The molecule has 11 aliphatic rings. The molecule has 25 N–H and O–H groups in total. The maximum absolute atomic E-state index is 12.8. The van der Waals surface area contributed by atoms with Crippen LogP contribution < -0.4 is 63.1 Å². The molecule has 18 unspecified atom stereocenters. The Morgan fingerprint density at radius 3 is 1.36 bits per heavy atom. The van der Waals surface area contributed by atoms with Gasteiger partial charge in [0.15, 0.2) is 11.9 Å². The van der Waals surface area contributed by atoms with Gasteiger partial charge in [-0.05, 0) is 376 Å². The van der Waals surface area contributed by atoms with Crippen LogP contribution in [0.2, 0.25) is 0 Å². The van der Waals surface area contributed by atoms with Gasteiger partial charge in [0.25, 0.3) is 6.43 Å². The monoisotopic (exact) mass is 2090 g/mol. The van der Waals surface area contributed by atoms with Gasteiger partial charge in [0.05, 0.1) is 50.1 Å². The quantitative estimate of drug-likeness (QED) is 0.0355. The number of hydrogen-bond acceptors (Lipinski definition) is 27. The van der Waals surface area contributed by atoms with Crippen LogP contribution in [0.4, 0.5) is 61.5 Å². The zero-order valence-corrected chi connectivity index (χ0v) is 88.6. The van der Waals surface area contributed by atoms with E-state index < -0.39 is 84.6 Å². The summed E-state index contributed by atoms with van der Waals surface area (Å²) in [5.41, 5.74) is 68.6. The average molecular weight is 2100 g/mol. The van der Waals surface area contributed by atoms with Gasteiger partial charge >= 0.3 is 30.1 Å². The molecule has 810 valence electrons. The highest BCUT2D eigenvalue weighted by molar-refractivity contribution is 7.12. The molecule has 0 radical (unpaired) electrons. The summed E-state index contributed by atoms with van der Waals surface area (Å²) in [6.07, 6.45) is 6.83. The molecule has 141 heavy (non-hydrogen) atoms. The van der Waals surface area contributed by atoms with Crippen molar-refractivity contribution >= 4 is 45.3 Å². The second-order valence-corrected chi connectivity index (χ2v) is 45.6. The number of oxazole rings is 1. The third-order valence-corrected chi connectivity index (χ3v) is 33.3. The van der Waals surface area contributed by atoms with Crippen LogP contribution in [-0.2, 0) is 19.3 Å². The lowest BCUT2D eigenvalue weighted by molar-refractivity contribution is -0.293. The zero-order chi connectivity index (χ0) is 106. The minimum atomic E-state index is -5.56. The SMILES string of the molecule is CN1CCC(C(N)C(F)(F)C(F)(F)F)C1.CN1CCC(C(N)C(F)F)C1.CN1CCC(C(N)CC(F)(F)F)C1.CN1CCC(C(N)CO)C1.CN1CCC(C(N)c2cnco2)C1.CN1CCC(C(O)CO)C1.CN1CCC(C2(N)C(F)(F)C2(F)F)C1.Cc1cc(C(C)N)cs1.Cc1cc2c(s1)C(CN)CCC2.Cc1cc2c(s1)CCCC2CN.Cc1ccc2c(c1)C(CN)CCC2.Cc1csc(C(C)N)c1. The van der Waals surface area contributed by atoms with Crippen LogP contribution in [-0.4, -0.2) is 301 Å². The molecule has 8 fully saturated rings. The third kappa shape index (κ3) is 38.1. The fourth-order valence-corrected chi connectivity index (χ4v) is 23.8. The summed E-state index contributed by atoms with van der Waals surface area (Å²) >= 11 is 7.38. The number of aryl methyl sites for hydroxylation is 8. The first-order valence-electron chi connectivity index (χ1n) is 49.7. The number of alkyl halides is 14. The summed E-state index contributed by atoms with van der Waals surface area (Å²) in [7, 11) is 13.4. The Bertz CT molecular complexity index is 4330. The zero-order valence-electron chi connectivity index (χ0n) is 85.4. The Hall–Kier alpha value is -4.59. The van der Waals surface area contributed by atoms with Gasteiger partial charge in [0, 0.05) is 117 Å². The number of rotatable bonds is 18. The topological polar surface area (TPSA) is 396 Å². The molecule has 1 aromatic carbocycles. The molecule has 7 aliphatic heterocycles. The summed E-state index contributed by atoms with van der Waals surface area (Å²) in [6.45, 7) is 28.1. The number of benzene rings is 1. The first-order valence-corrected chi connectivity index (χ1v) is 53.1. The molecule has 0 amide bonds. The molecule has 1 saturated carbocycles. The lowest BCUT2D eigenvalue weighted by Crippen LogP contribution is -2.55. The molecular formula is C100H169F14N19O4S4. The second-order valence-electron chi connectivity index (χ2n) is 41.0. The molecule has 0 bridgehead atoms. The number of thiophene rings is 4. The maximum atomic E-state index is 12.8. The second kappa shape index (κ2) is 58.5. The molecule has 18 atom stereocenters. The number of fused-ring (bicyclic) bond motifs is 3. The number of nitrogens with two attached hydrogens (primary N) is 11. The smallest absolute Gasteiger partial charge is 0.447 e. The van der Waals surface area contributed by atoms with Gasteiger partial charge in [0.2, 0.25) is 0 Å². The van der Waals surface area contributed by atoms with Crippen molar-refractivity contribution in [3.63, 3.8) is 0 Å². The van der Waals surface area contributed by atoms with Gasteiger partial charge in [-0.3, -0.25) is 0 Å². The Morgan fingerprint density at radius 1 is 0.489 bits per heavy atom. The fourth-order valence-electron chi connectivity index (χ4n) is 19.8. The first-order chi connectivity index (χ1) is 66.0. The number of halogens is 14. The van der Waals surface area contributed by atoms with Crippen molar-refractivity contribution in [3.05, 3.63) is 140 Å². The third-order valence-electron chi connectivity index (χ3n) is 28.8. The van der Waals surface area contributed by atoms with Crippen LogP contribution in [0, 0.1) is 76.0 Å². The molecule has 0 spiro atoms. The van der Waals surface area contributed by atoms with Crippen LogP contribution in [0.15, 0.2) is 70.2 Å². The molecule has 12 heterocycles. The van der Waals surface area contributed by atoms with E-state index in [1.54, 1.807) is 73.6 Å². The largest absolute Gasteiger partial charge is 0.454 e. The van der Waals surface area contributed by atoms with Gasteiger partial charge in [-0.2, -0.15) is 52.7 Å². The van der Waals surface area contributed by atoms with Crippen LogP contribution in [0.3, 0.4) is 0 Å². The van der Waals surface area contributed by atoms with E-state index in [0.29, 0.717) is 62.2 Å². The van der Waals surface area contributed by atoms with Crippen molar-refractivity contribution in [1.29, 1.82) is 0 Å². The number of aliphatic hydroxyl groups excluding tert-OH is 3. The van der Waals surface area contributed by atoms with E-state index in [1.807, 2.05) is 67.5 Å². The van der Waals surface area contributed by atoms with Gasteiger partial charge in [0.1, 0.15) is 5.76 Å². The molecule has 41 heteroatoms. The van der Waals surface area contributed by atoms with E-state index in [2.05, 4.69) is 122 Å². The van der Waals surface area contributed by atoms with Gasteiger partial charge in [-0.25, -0.2) is 13.8 Å². The summed E-state index contributed by atoms with van der Waals surface area (Å²) in [4.78, 5) is 26.7. The van der Waals surface area contributed by atoms with E-state index in [-0.39, 0.29) is 74.6 Å². The highest BCUT2D eigenvalue weighted by Crippen LogP contribution is 2.68. The molecule has 5 aromatic heterocycles. The molecular weight excluding hydrogens is 1930 g/mol. The predicted molar refractivity (Wildman–Crippen MR) is 546 cm³/mol. The Balaban J connectivity index is 0.000000236. The lowest BCUT2D eigenvalue weighted by atomic mass is 9.82. The highest BCUT2D eigenvalue weighted by Gasteiger charge is 2.96. The van der Waals surface area contributed by atoms with Crippen molar-refractivity contribution in [2.24, 2.45) is 104 Å². The average Bonchev–Trinajstić information content (AvgIpc) is 1.48. The standard InChI is InChI=1S/C12H17N.2C10H15NS.C9H15N3O.C8H13F5N2.C8H12F4N2.C8H15F3N2.C7H14F2N2.C7H16N2O.C7H15NO2.2C7H11NS/c1-9-5-6-10-3-2-4-11(8-13)12(10)7-9;1-7-5-9-8(6-11)3-2-4-10(9)12-7;1-7-5-8-3-2-4-9(6-11)10(8)12-7;1-12-3-2-7(5-12)9(10)8-4-11-6-13-8;1-15-3-2-5(4-15)6(14)7(9,10)8(11,12)13;1-14-3-2-5(4-14)6(13)7(9,10)8(6,11)12;1-13-3-2-6(5-13)7(12)4-8(9,10)11;1-11-3-2-5(4-11)6(10)7(8)9;1-9-3-2-6(4-9)7(8)5-10;1-8-3-2-6(4-8)7(10)5-9;1-5-3-7(4-9-5)6(2)8;1-5-3-7(6(2)8)9-4-5/h5-7,11H,2-4,8,13H2,1H3;5,8H,2-4,6,11H2,1H3;5,9H,2-4,6,11H2,1H3;4,6-7,9H,2-3,5,10H2,1H3;5-6H,2-4,14H2,1H3;5H,2-4,13H2,1H3;6-7H,2-5,12H2,1H3;5-7H,2-4,10H2,1H3;6-7,10H,2-5,8H2,1H3;6-7,9-10H,2-5H2,1H3;2*3-4,6H,8H2,1-2H3. The minimum absolute atomic E-state index is 0.00613. The van der Waals surface area contributed by atoms with Crippen molar-refractivity contribution in [2.75, 3.05) is 174 Å². The number of nitrogens with zero attached hydrogens (tertiary/aromatic N) is 8. The molecule has 4 aliphatic carbocycles. The predicted octanol–water partition coefficient (Wildman–Crippen LogP) is 14.7. The van der Waals surface area contributed by atoms with Crippen LogP contribution >= 0.6 is 45.3 Å². The summed E-state index contributed by atoms with van der Waals surface area (Å²) in [5, 5.41) is 30.8. The van der Waals surface area contributed by atoms with Crippen molar-refractivity contribution in [3.8, 4) is 0 Å². The molecule has 17 rings (SSSR count). The number of aromatic nitrogens is 1. The number of likely N-dealkylation sites (tertiary alicyclic amines) is 7. The van der Waals surface area contributed by atoms with Gasteiger partial charge in [-0.1, -0.05) is 23.8 Å². The van der Waals surface area contributed by atoms with E-state index in [9.17, 15) is 66.6 Å². The Morgan fingerprint density at radius 2 is 0.957 bits per heavy atom. The van der Waals surface area contributed by atoms with E-state index in [0.717, 1.165) is 110 Å². The fraction of sp³-hybridized carbons (Fsp3) is 0.750. The minimum Gasteiger partial charge on any atom is -0.447 e.